The predicted octanol–water partition coefficient (Wildman–Crippen LogP) is 4.21. The molecule has 12 heteroatoms. The highest BCUT2D eigenvalue weighted by Gasteiger charge is 2.70. The summed E-state index contributed by atoms with van der Waals surface area (Å²) < 4.78 is 52.9. The maximum Gasteiger partial charge on any atom is 0.417 e. The fourth-order valence-electron chi connectivity index (χ4n) is 7.19. The lowest BCUT2D eigenvalue weighted by Crippen LogP contribution is -2.65. The monoisotopic (exact) mass is 543 g/mol. The normalized spacial score (nSPS) is 28.6. The number of hydrogen-bond acceptors (Lipinski definition) is 8. The molecule has 4 heterocycles. The van der Waals surface area contributed by atoms with Crippen LogP contribution in [0.25, 0.3) is 10.9 Å². The smallest absolute Gasteiger partial charge is 0.372 e. The summed E-state index contributed by atoms with van der Waals surface area (Å²) >= 11 is 0. The van der Waals surface area contributed by atoms with Crippen LogP contribution in [0.5, 0.6) is 0 Å². The number of alkyl halides is 3. The van der Waals surface area contributed by atoms with Crippen molar-refractivity contribution in [2.24, 2.45) is 11.3 Å². The summed E-state index contributed by atoms with van der Waals surface area (Å²) in [6, 6.07) is 6.12. The standard InChI is InChI=1S/C27H32F3N7O2/c1-16-4-3-5-19-21(16)32-24(31-10-17-8-25(9-17)14-26(15-25,38-2)27(28,29)30)33-23(19)36-11-18(12-36)22-35-34-20-13-39-7-6-37(20)22/h3-5,17-18H,6-15H2,1-2H3,(H,31,32,33). The van der Waals surface area contributed by atoms with Gasteiger partial charge in [-0.3, -0.25) is 0 Å². The lowest BCUT2D eigenvalue weighted by molar-refractivity contribution is -0.339. The SMILES string of the molecule is COC1(C(F)(F)F)CC2(CC(CNc3nc(N4CC(c5nnc6n5CCOC6)C4)c4cccc(C)c4n3)C2)C1. The Morgan fingerprint density at radius 1 is 1.15 bits per heavy atom. The minimum Gasteiger partial charge on any atom is -0.372 e. The molecule has 2 aromatic heterocycles. The van der Waals surface area contributed by atoms with Gasteiger partial charge in [0.05, 0.1) is 18.0 Å². The van der Waals surface area contributed by atoms with Crippen LogP contribution in [0.2, 0.25) is 0 Å². The van der Waals surface area contributed by atoms with Gasteiger partial charge in [-0.25, -0.2) is 4.98 Å². The molecule has 0 amide bonds. The summed E-state index contributed by atoms with van der Waals surface area (Å²) in [6.07, 6.45) is -2.67. The topological polar surface area (TPSA) is 90.2 Å². The Bertz CT molecular complexity index is 1400. The van der Waals surface area contributed by atoms with E-state index in [-0.39, 0.29) is 24.2 Å². The van der Waals surface area contributed by atoms with Gasteiger partial charge in [-0.15, -0.1) is 10.2 Å². The van der Waals surface area contributed by atoms with Crippen LogP contribution >= 0.6 is 0 Å². The second-order valence-corrected chi connectivity index (χ2v) is 11.8. The van der Waals surface area contributed by atoms with Gasteiger partial charge in [0.15, 0.2) is 11.4 Å². The van der Waals surface area contributed by atoms with Crippen molar-refractivity contribution < 1.29 is 22.6 Å². The number of aryl methyl sites for hydroxylation is 1. The van der Waals surface area contributed by atoms with Crippen LogP contribution in [0, 0.1) is 18.3 Å². The maximum absolute atomic E-state index is 13.4. The predicted molar refractivity (Wildman–Crippen MR) is 138 cm³/mol. The average molecular weight is 544 g/mol. The molecule has 0 radical (unpaired) electrons. The van der Waals surface area contributed by atoms with E-state index >= 15 is 0 Å². The Kier molecular flexibility index (Phi) is 5.61. The Morgan fingerprint density at radius 3 is 2.69 bits per heavy atom. The molecule has 1 saturated heterocycles. The number of para-hydroxylation sites is 1. The van der Waals surface area contributed by atoms with E-state index in [1.807, 2.05) is 19.1 Å². The molecule has 2 saturated carbocycles. The minimum atomic E-state index is -4.32. The number of rotatable bonds is 6. The molecule has 9 nitrogen and oxygen atoms in total. The van der Waals surface area contributed by atoms with Crippen LogP contribution in [-0.4, -0.2) is 69.9 Å². The molecule has 3 aromatic rings. The first-order valence-electron chi connectivity index (χ1n) is 13.6. The molecule has 0 bridgehead atoms. The summed E-state index contributed by atoms with van der Waals surface area (Å²) in [4.78, 5) is 12.0. The van der Waals surface area contributed by atoms with Crippen molar-refractivity contribution in [1.82, 2.24) is 24.7 Å². The number of ether oxygens (including phenoxy) is 2. The maximum atomic E-state index is 13.4. The lowest BCUT2D eigenvalue weighted by Gasteiger charge is -2.62. The molecule has 2 aliphatic heterocycles. The summed E-state index contributed by atoms with van der Waals surface area (Å²) in [6.45, 7) is 6.24. The number of methoxy groups -OCH3 is 1. The van der Waals surface area contributed by atoms with Crippen molar-refractivity contribution in [1.29, 1.82) is 0 Å². The van der Waals surface area contributed by atoms with Crippen molar-refractivity contribution in [2.75, 3.05) is 43.6 Å². The molecule has 7 rings (SSSR count). The number of nitrogens with zero attached hydrogens (tertiary/aromatic N) is 6. The van der Waals surface area contributed by atoms with Gasteiger partial charge >= 0.3 is 6.18 Å². The largest absolute Gasteiger partial charge is 0.417 e. The van der Waals surface area contributed by atoms with E-state index in [9.17, 15) is 13.2 Å². The number of fused-ring (bicyclic) bond motifs is 2. The summed E-state index contributed by atoms with van der Waals surface area (Å²) in [5.74, 6) is 3.92. The molecule has 2 aliphatic carbocycles. The van der Waals surface area contributed by atoms with E-state index in [2.05, 4.69) is 31.0 Å². The third-order valence-corrected chi connectivity index (χ3v) is 9.22. The van der Waals surface area contributed by atoms with Gasteiger partial charge in [-0.1, -0.05) is 12.1 Å². The molecular weight excluding hydrogens is 511 g/mol. The zero-order chi connectivity index (χ0) is 27.0. The van der Waals surface area contributed by atoms with Gasteiger partial charge in [-0.2, -0.15) is 18.2 Å². The average Bonchev–Trinajstić information content (AvgIpc) is 3.25. The van der Waals surface area contributed by atoms with Gasteiger partial charge in [0.2, 0.25) is 5.95 Å². The van der Waals surface area contributed by atoms with Gasteiger partial charge in [0, 0.05) is 38.7 Å². The number of anilines is 2. The van der Waals surface area contributed by atoms with E-state index in [1.54, 1.807) is 0 Å². The fraction of sp³-hybridized carbons (Fsp3) is 0.630. The van der Waals surface area contributed by atoms with Crippen LogP contribution in [0.3, 0.4) is 0 Å². The van der Waals surface area contributed by atoms with Gasteiger partial charge in [-0.05, 0) is 55.6 Å². The van der Waals surface area contributed by atoms with Crippen molar-refractivity contribution in [2.45, 2.75) is 63.5 Å². The quantitative estimate of drug-likeness (QED) is 0.495. The molecule has 3 fully saturated rings. The van der Waals surface area contributed by atoms with E-state index in [1.165, 1.54) is 7.11 Å². The van der Waals surface area contributed by atoms with Crippen molar-refractivity contribution in [3.63, 3.8) is 0 Å². The van der Waals surface area contributed by atoms with Crippen molar-refractivity contribution >= 4 is 22.7 Å². The highest BCUT2D eigenvalue weighted by molar-refractivity contribution is 5.93. The Labute approximate surface area is 224 Å². The lowest BCUT2D eigenvalue weighted by atomic mass is 9.46. The molecule has 208 valence electrons. The Balaban J connectivity index is 1.04. The highest BCUT2D eigenvalue weighted by Crippen LogP contribution is 2.67. The summed E-state index contributed by atoms with van der Waals surface area (Å²) in [5, 5.41) is 13.2. The minimum absolute atomic E-state index is 0.0602. The molecule has 1 aromatic carbocycles. The molecule has 1 N–H and O–H groups in total. The number of benzene rings is 1. The van der Waals surface area contributed by atoms with Crippen LogP contribution < -0.4 is 10.2 Å². The van der Waals surface area contributed by atoms with E-state index < -0.39 is 11.8 Å². The summed E-state index contributed by atoms with van der Waals surface area (Å²) in [5.41, 5.74) is -0.232. The zero-order valence-corrected chi connectivity index (χ0v) is 22.1. The number of halogens is 3. The van der Waals surface area contributed by atoms with Gasteiger partial charge in [0.25, 0.3) is 0 Å². The van der Waals surface area contributed by atoms with Crippen LogP contribution in [-0.2, 0) is 22.6 Å². The first-order valence-corrected chi connectivity index (χ1v) is 13.6. The van der Waals surface area contributed by atoms with Crippen LogP contribution in [0.15, 0.2) is 18.2 Å². The van der Waals surface area contributed by atoms with Crippen LogP contribution in [0.1, 0.15) is 48.8 Å². The molecule has 1 spiro atoms. The van der Waals surface area contributed by atoms with Gasteiger partial charge in [0.1, 0.15) is 18.2 Å². The Morgan fingerprint density at radius 2 is 1.95 bits per heavy atom. The second-order valence-electron chi connectivity index (χ2n) is 11.8. The number of hydrogen-bond donors (Lipinski definition) is 1. The molecular formula is C27H32F3N7O2. The zero-order valence-electron chi connectivity index (χ0n) is 22.1. The van der Waals surface area contributed by atoms with E-state index in [0.717, 1.165) is 66.4 Å². The van der Waals surface area contributed by atoms with Crippen LogP contribution in [0.4, 0.5) is 24.9 Å². The van der Waals surface area contributed by atoms with Crippen molar-refractivity contribution in [3.05, 3.63) is 35.4 Å². The molecule has 39 heavy (non-hydrogen) atoms. The number of nitrogens with one attached hydrogen (secondary N) is 1. The molecule has 4 aliphatic rings. The third kappa shape index (κ3) is 3.97. The Hall–Kier alpha value is -2.99. The summed E-state index contributed by atoms with van der Waals surface area (Å²) in [7, 11) is 1.17. The first kappa shape index (κ1) is 25.0. The highest BCUT2D eigenvalue weighted by atomic mass is 19.4. The van der Waals surface area contributed by atoms with Gasteiger partial charge < -0.3 is 24.3 Å². The second kappa shape index (κ2) is 8.76. The fourth-order valence-corrected chi connectivity index (χ4v) is 7.19. The number of aromatic nitrogens is 5. The van der Waals surface area contributed by atoms with E-state index in [4.69, 9.17) is 19.4 Å². The van der Waals surface area contributed by atoms with Crippen molar-refractivity contribution in [3.8, 4) is 0 Å². The van der Waals surface area contributed by atoms with E-state index in [0.29, 0.717) is 31.6 Å². The molecule has 0 atom stereocenters. The first-order chi connectivity index (χ1) is 18.7. The third-order valence-electron chi connectivity index (χ3n) is 9.22. The molecule has 0 unspecified atom stereocenters.